The number of hydrogen-bond acceptors (Lipinski definition) is 6. The van der Waals surface area contributed by atoms with Crippen LogP contribution in [0.2, 0.25) is 0 Å². The number of nitrogens with zero attached hydrogens (tertiary/aromatic N) is 1. The summed E-state index contributed by atoms with van der Waals surface area (Å²) in [4.78, 5) is 25.4. The summed E-state index contributed by atoms with van der Waals surface area (Å²) in [6.45, 7) is 4.59. The van der Waals surface area contributed by atoms with Crippen LogP contribution in [0.4, 0.5) is 0 Å². The molecule has 0 aromatic heterocycles. The second-order valence-electron chi connectivity index (χ2n) is 17.8. The molecule has 0 saturated carbocycles. The zero-order valence-corrected chi connectivity index (χ0v) is 40.5. The number of allylic oxidation sites excluding steroid dienone is 9. The van der Waals surface area contributed by atoms with E-state index in [0.29, 0.717) is 17.4 Å². The molecular weight excluding hydrogens is 768 g/mol. The highest BCUT2D eigenvalue weighted by atomic mass is 31.2. The standard InChI is InChI=1S/C51H95N2O6P/c1-6-8-10-12-14-16-18-20-22-24-26-27-28-30-32-34-36-38-40-42-44-50(54)49(48-59-60(56,57)58-47-46-53(3,4)5)52-51(55)45-43-41-39-37-35-33-31-29-25-23-21-19-17-15-13-11-9-7-2/h17,19,23,25,27-28,34,36,42,44,49-50,54H,6-16,18,20-22,24,26,29-33,35,37-41,43,45-48H2,1-5H3,(H-,52,55,56,57)/b19-17-,25-23-,28-27+,36-34+,44-42+. The lowest BCUT2D eigenvalue weighted by Crippen LogP contribution is -2.45. The number of hydrogen-bond donors (Lipinski definition) is 2. The van der Waals surface area contributed by atoms with Crippen LogP contribution in [-0.4, -0.2) is 68.5 Å². The largest absolute Gasteiger partial charge is 0.756 e. The molecule has 0 aliphatic carbocycles. The molecule has 0 aromatic rings. The highest BCUT2D eigenvalue weighted by molar-refractivity contribution is 7.45. The van der Waals surface area contributed by atoms with Crippen molar-refractivity contribution >= 4 is 13.7 Å². The third kappa shape index (κ3) is 44.3. The minimum atomic E-state index is -4.61. The zero-order valence-electron chi connectivity index (χ0n) is 39.6. The lowest BCUT2D eigenvalue weighted by Gasteiger charge is -2.29. The van der Waals surface area contributed by atoms with E-state index in [1.54, 1.807) is 6.08 Å². The second kappa shape index (κ2) is 42.5. The molecule has 60 heavy (non-hydrogen) atoms. The number of amides is 1. The molecule has 0 saturated heterocycles. The van der Waals surface area contributed by atoms with Crippen molar-refractivity contribution < 1.29 is 32.9 Å². The van der Waals surface area contributed by atoms with Crippen LogP contribution in [0.3, 0.4) is 0 Å². The van der Waals surface area contributed by atoms with Crippen molar-refractivity contribution in [3.8, 4) is 0 Å². The number of carbonyl (C=O) groups excluding carboxylic acids is 1. The lowest BCUT2D eigenvalue weighted by molar-refractivity contribution is -0.870. The molecule has 0 bridgehead atoms. The Hall–Kier alpha value is -1.80. The first-order valence-corrected chi connectivity index (χ1v) is 26.1. The average molecular weight is 863 g/mol. The van der Waals surface area contributed by atoms with Gasteiger partial charge in [0.25, 0.3) is 7.82 Å². The topological polar surface area (TPSA) is 108 Å². The molecule has 0 aromatic carbocycles. The third-order valence-electron chi connectivity index (χ3n) is 10.7. The van der Waals surface area contributed by atoms with Gasteiger partial charge in [0.1, 0.15) is 13.2 Å². The SMILES string of the molecule is CCCCCC/C=C\C/C=C\CCCCCCCCCC(=O)NC(COP(=O)([O-])OCC[N+](C)(C)C)C(O)/C=C/CC/C=C/CC/C=C/CCCCCCCCCCCC. The Bertz CT molecular complexity index is 1160. The van der Waals surface area contributed by atoms with Gasteiger partial charge in [0.2, 0.25) is 5.91 Å². The van der Waals surface area contributed by atoms with Crippen LogP contribution in [0.5, 0.6) is 0 Å². The molecule has 3 unspecified atom stereocenters. The van der Waals surface area contributed by atoms with Gasteiger partial charge in [-0.15, -0.1) is 0 Å². The highest BCUT2D eigenvalue weighted by Gasteiger charge is 2.23. The Balaban J connectivity index is 4.46. The van der Waals surface area contributed by atoms with Crippen LogP contribution < -0.4 is 10.2 Å². The first-order valence-electron chi connectivity index (χ1n) is 24.7. The maximum absolute atomic E-state index is 12.9. The van der Waals surface area contributed by atoms with Gasteiger partial charge >= 0.3 is 0 Å². The van der Waals surface area contributed by atoms with Gasteiger partial charge < -0.3 is 28.8 Å². The monoisotopic (exact) mass is 863 g/mol. The fraction of sp³-hybridized carbons (Fsp3) is 0.784. The van der Waals surface area contributed by atoms with Crippen molar-refractivity contribution in [2.75, 3.05) is 40.9 Å². The first kappa shape index (κ1) is 58.2. The van der Waals surface area contributed by atoms with Gasteiger partial charge in [-0.2, -0.15) is 0 Å². The molecule has 0 heterocycles. The molecule has 8 nitrogen and oxygen atoms in total. The molecule has 1 amide bonds. The van der Waals surface area contributed by atoms with E-state index in [1.807, 2.05) is 27.2 Å². The van der Waals surface area contributed by atoms with Gasteiger partial charge in [-0.1, -0.05) is 184 Å². The summed E-state index contributed by atoms with van der Waals surface area (Å²) in [5.41, 5.74) is 0. The molecule has 0 spiro atoms. The van der Waals surface area contributed by atoms with Gasteiger partial charge in [0.15, 0.2) is 0 Å². The Morgan fingerprint density at radius 3 is 1.47 bits per heavy atom. The number of phosphoric acid groups is 1. The van der Waals surface area contributed by atoms with Crippen LogP contribution in [0.15, 0.2) is 60.8 Å². The van der Waals surface area contributed by atoms with E-state index in [9.17, 15) is 19.4 Å². The van der Waals surface area contributed by atoms with E-state index < -0.39 is 26.6 Å². The van der Waals surface area contributed by atoms with E-state index in [4.69, 9.17) is 9.05 Å². The summed E-state index contributed by atoms with van der Waals surface area (Å²) in [7, 11) is 1.22. The normalized spacial score (nSPS) is 14.7. The van der Waals surface area contributed by atoms with E-state index >= 15 is 0 Å². The van der Waals surface area contributed by atoms with Crippen LogP contribution in [0, 0.1) is 0 Å². The van der Waals surface area contributed by atoms with Gasteiger partial charge in [-0.3, -0.25) is 9.36 Å². The number of likely N-dealkylation sites (N-methyl/N-ethyl adjacent to an activating group) is 1. The summed E-state index contributed by atoms with van der Waals surface area (Å²) in [5, 5.41) is 13.8. The highest BCUT2D eigenvalue weighted by Crippen LogP contribution is 2.38. The third-order valence-corrected chi connectivity index (χ3v) is 11.6. The van der Waals surface area contributed by atoms with Gasteiger partial charge in [-0.05, 0) is 77.0 Å². The molecule has 0 rings (SSSR count). The predicted octanol–water partition coefficient (Wildman–Crippen LogP) is 13.6. The summed E-state index contributed by atoms with van der Waals surface area (Å²) in [6, 6.07) is -0.915. The van der Waals surface area contributed by atoms with Crippen molar-refractivity contribution in [2.45, 2.75) is 219 Å². The number of unbranched alkanes of at least 4 members (excludes halogenated alkanes) is 23. The second-order valence-corrected chi connectivity index (χ2v) is 19.2. The Labute approximate surface area is 371 Å². The first-order chi connectivity index (χ1) is 29.0. The number of quaternary nitrogens is 1. The van der Waals surface area contributed by atoms with Crippen molar-refractivity contribution in [3.05, 3.63) is 60.8 Å². The van der Waals surface area contributed by atoms with Crippen molar-refractivity contribution in [2.24, 2.45) is 0 Å². The van der Waals surface area contributed by atoms with E-state index in [-0.39, 0.29) is 12.5 Å². The minimum absolute atomic E-state index is 0.0127. The van der Waals surface area contributed by atoms with E-state index in [0.717, 1.165) is 64.2 Å². The number of carbonyl (C=O) groups is 1. The van der Waals surface area contributed by atoms with Crippen molar-refractivity contribution in [1.82, 2.24) is 5.32 Å². The smallest absolute Gasteiger partial charge is 0.268 e. The van der Waals surface area contributed by atoms with E-state index in [2.05, 4.69) is 67.8 Å². The molecule has 350 valence electrons. The van der Waals surface area contributed by atoms with Crippen molar-refractivity contribution in [1.29, 1.82) is 0 Å². The summed E-state index contributed by atoms with van der Waals surface area (Å²) in [6.07, 6.45) is 55.6. The minimum Gasteiger partial charge on any atom is -0.756 e. The average Bonchev–Trinajstić information content (AvgIpc) is 3.20. The summed E-state index contributed by atoms with van der Waals surface area (Å²) in [5.74, 6) is -0.221. The van der Waals surface area contributed by atoms with Gasteiger partial charge in [0, 0.05) is 6.42 Å². The molecule has 0 radical (unpaired) electrons. The van der Waals surface area contributed by atoms with Crippen molar-refractivity contribution in [3.63, 3.8) is 0 Å². The number of phosphoric ester groups is 1. The fourth-order valence-electron chi connectivity index (χ4n) is 6.74. The molecule has 0 fully saturated rings. The quantitative estimate of drug-likeness (QED) is 0.0273. The molecular formula is C51H95N2O6P. The fourth-order valence-corrected chi connectivity index (χ4v) is 7.47. The molecule has 0 aliphatic heterocycles. The molecule has 0 aliphatic rings. The predicted molar refractivity (Wildman–Crippen MR) is 256 cm³/mol. The lowest BCUT2D eigenvalue weighted by atomic mass is 10.1. The number of aliphatic hydroxyl groups excluding tert-OH is 1. The van der Waals surface area contributed by atoms with Gasteiger partial charge in [0.05, 0.1) is 39.9 Å². The van der Waals surface area contributed by atoms with Crippen LogP contribution in [0.25, 0.3) is 0 Å². The summed E-state index contributed by atoms with van der Waals surface area (Å²) < 4.78 is 23.2. The molecule has 2 N–H and O–H groups in total. The Morgan fingerprint density at radius 2 is 0.983 bits per heavy atom. The maximum atomic E-state index is 12.9. The number of rotatable bonds is 44. The van der Waals surface area contributed by atoms with Gasteiger partial charge in [-0.25, -0.2) is 0 Å². The molecule has 3 atom stereocenters. The number of nitrogens with one attached hydrogen (secondary N) is 1. The zero-order chi connectivity index (χ0) is 44.3. The Kier molecular flexibility index (Phi) is 41.2. The molecule has 9 heteroatoms. The maximum Gasteiger partial charge on any atom is 0.268 e. The van der Waals surface area contributed by atoms with Crippen LogP contribution in [0.1, 0.15) is 206 Å². The summed E-state index contributed by atoms with van der Waals surface area (Å²) >= 11 is 0. The van der Waals surface area contributed by atoms with E-state index in [1.165, 1.54) is 122 Å². The number of aliphatic hydroxyl groups is 1. The van der Waals surface area contributed by atoms with Crippen LogP contribution in [-0.2, 0) is 18.4 Å². The Morgan fingerprint density at radius 1 is 0.583 bits per heavy atom. The van der Waals surface area contributed by atoms with Crippen LogP contribution >= 0.6 is 7.82 Å².